The molecule has 1 amide bonds. The molecule has 5 heteroatoms. The molecule has 0 fully saturated rings. The highest BCUT2D eigenvalue weighted by atomic mass is 16.7. The maximum atomic E-state index is 11.6. The van der Waals surface area contributed by atoms with E-state index in [2.05, 4.69) is 10.5 Å². The highest BCUT2D eigenvalue weighted by Crippen LogP contribution is 2.19. The van der Waals surface area contributed by atoms with Crippen LogP contribution in [0.5, 0.6) is 0 Å². The molecule has 2 rings (SSSR count). The molecule has 1 aromatic carbocycles. The van der Waals surface area contributed by atoms with E-state index in [9.17, 15) is 9.59 Å². The fraction of sp³-hybridized carbons (Fsp3) is 0.267. The molecule has 0 unspecified atom stereocenters. The van der Waals surface area contributed by atoms with E-state index >= 15 is 0 Å². The van der Waals surface area contributed by atoms with E-state index in [0.29, 0.717) is 17.7 Å². The molecule has 0 radical (unpaired) electrons. The third-order valence-corrected chi connectivity index (χ3v) is 2.80. The van der Waals surface area contributed by atoms with Crippen molar-refractivity contribution < 1.29 is 14.4 Å². The molecule has 0 spiro atoms. The number of benzene rings is 1. The summed E-state index contributed by atoms with van der Waals surface area (Å²) in [6.45, 7) is 3.48. The zero-order chi connectivity index (χ0) is 14.5. The first-order valence-electron chi connectivity index (χ1n) is 6.48. The SMILES string of the molecule is CCCC1=NOC(=O)C1=Cc1ccc(NC(C)=O)cc1. The summed E-state index contributed by atoms with van der Waals surface area (Å²) in [7, 11) is 0. The van der Waals surface area contributed by atoms with Gasteiger partial charge in [0.15, 0.2) is 0 Å². The van der Waals surface area contributed by atoms with Crippen LogP contribution in [0.1, 0.15) is 32.3 Å². The van der Waals surface area contributed by atoms with E-state index < -0.39 is 5.97 Å². The van der Waals surface area contributed by atoms with Gasteiger partial charge in [-0.05, 0) is 30.2 Å². The topological polar surface area (TPSA) is 67.8 Å². The molecule has 1 aliphatic heterocycles. The first-order valence-corrected chi connectivity index (χ1v) is 6.48. The van der Waals surface area contributed by atoms with Crippen molar-refractivity contribution in [3.05, 3.63) is 35.4 Å². The zero-order valence-corrected chi connectivity index (χ0v) is 11.5. The van der Waals surface area contributed by atoms with Gasteiger partial charge in [-0.1, -0.05) is 30.6 Å². The maximum absolute atomic E-state index is 11.6. The van der Waals surface area contributed by atoms with E-state index in [-0.39, 0.29) is 5.91 Å². The van der Waals surface area contributed by atoms with Crippen LogP contribution in [0.4, 0.5) is 5.69 Å². The van der Waals surface area contributed by atoms with Crippen molar-refractivity contribution in [2.45, 2.75) is 26.7 Å². The quantitative estimate of drug-likeness (QED) is 0.677. The Labute approximate surface area is 117 Å². The van der Waals surface area contributed by atoms with Crippen LogP contribution < -0.4 is 5.32 Å². The summed E-state index contributed by atoms with van der Waals surface area (Å²) in [5.74, 6) is -0.535. The highest BCUT2D eigenvalue weighted by molar-refractivity contribution is 6.25. The summed E-state index contributed by atoms with van der Waals surface area (Å²) in [6, 6.07) is 7.22. The van der Waals surface area contributed by atoms with Crippen LogP contribution in [-0.2, 0) is 14.4 Å². The average molecular weight is 272 g/mol. The second-order valence-electron chi connectivity index (χ2n) is 4.53. The summed E-state index contributed by atoms with van der Waals surface area (Å²) in [5, 5.41) is 6.47. The predicted octanol–water partition coefficient (Wildman–Crippen LogP) is 2.74. The number of hydrogen-bond donors (Lipinski definition) is 1. The van der Waals surface area contributed by atoms with Crippen LogP contribution in [0, 0.1) is 0 Å². The largest absolute Gasteiger partial charge is 0.367 e. The summed E-state index contributed by atoms with van der Waals surface area (Å²) in [6.07, 6.45) is 3.36. The number of hydrogen-bond acceptors (Lipinski definition) is 4. The summed E-state index contributed by atoms with van der Waals surface area (Å²) in [5.41, 5.74) is 2.76. The van der Waals surface area contributed by atoms with E-state index in [4.69, 9.17) is 4.84 Å². The molecule has 5 nitrogen and oxygen atoms in total. The zero-order valence-electron chi connectivity index (χ0n) is 11.5. The van der Waals surface area contributed by atoms with Gasteiger partial charge in [-0.2, -0.15) is 0 Å². The summed E-state index contributed by atoms with van der Waals surface area (Å²) >= 11 is 0. The van der Waals surface area contributed by atoms with E-state index in [1.807, 2.05) is 19.1 Å². The minimum atomic E-state index is -0.417. The van der Waals surface area contributed by atoms with Crippen LogP contribution in [0.2, 0.25) is 0 Å². The van der Waals surface area contributed by atoms with Crippen molar-refractivity contribution in [1.82, 2.24) is 0 Å². The number of carbonyl (C=O) groups is 2. The van der Waals surface area contributed by atoms with Gasteiger partial charge in [0.2, 0.25) is 5.91 Å². The van der Waals surface area contributed by atoms with Gasteiger partial charge >= 0.3 is 5.97 Å². The first-order chi connectivity index (χ1) is 9.60. The molecule has 1 aromatic rings. The van der Waals surface area contributed by atoms with E-state index in [0.717, 1.165) is 17.7 Å². The number of nitrogens with zero attached hydrogens (tertiary/aromatic N) is 1. The van der Waals surface area contributed by atoms with Crippen molar-refractivity contribution in [3.63, 3.8) is 0 Å². The van der Waals surface area contributed by atoms with Crippen molar-refractivity contribution in [2.24, 2.45) is 5.16 Å². The number of anilines is 1. The number of oxime groups is 1. The van der Waals surface area contributed by atoms with Gasteiger partial charge in [0, 0.05) is 12.6 Å². The molecule has 104 valence electrons. The van der Waals surface area contributed by atoms with Crippen LogP contribution in [0.25, 0.3) is 6.08 Å². The van der Waals surface area contributed by atoms with E-state index in [1.165, 1.54) is 6.92 Å². The maximum Gasteiger partial charge on any atom is 0.367 e. The first kappa shape index (κ1) is 14.0. The third-order valence-electron chi connectivity index (χ3n) is 2.80. The van der Waals surface area contributed by atoms with Crippen LogP contribution in [-0.4, -0.2) is 17.6 Å². The van der Waals surface area contributed by atoms with Gasteiger partial charge in [-0.3, -0.25) is 4.79 Å². The fourth-order valence-electron chi connectivity index (χ4n) is 1.90. The average Bonchev–Trinajstić information content (AvgIpc) is 2.74. The van der Waals surface area contributed by atoms with Crippen LogP contribution in [0.3, 0.4) is 0 Å². The Hall–Kier alpha value is -2.43. The molecule has 0 saturated carbocycles. The lowest BCUT2D eigenvalue weighted by Crippen LogP contribution is -2.06. The Kier molecular flexibility index (Phi) is 4.30. The number of nitrogens with one attached hydrogen (secondary N) is 1. The molecule has 0 atom stereocenters. The third kappa shape index (κ3) is 3.32. The molecular weight excluding hydrogens is 256 g/mol. The lowest BCUT2D eigenvalue weighted by Gasteiger charge is -2.02. The molecule has 0 aliphatic carbocycles. The Morgan fingerprint density at radius 1 is 1.35 bits per heavy atom. The molecule has 0 aromatic heterocycles. The van der Waals surface area contributed by atoms with Crippen LogP contribution in [0.15, 0.2) is 35.0 Å². The number of rotatable bonds is 4. The lowest BCUT2D eigenvalue weighted by atomic mass is 10.0. The molecular formula is C15H16N2O3. The van der Waals surface area contributed by atoms with Crippen LogP contribution >= 0.6 is 0 Å². The normalized spacial score (nSPS) is 16.0. The van der Waals surface area contributed by atoms with Crippen molar-refractivity contribution in [3.8, 4) is 0 Å². The number of amides is 1. The second kappa shape index (κ2) is 6.14. The van der Waals surface area contributed by atoms with Crippen molar-refractivity contribution >= 4 is 29.4 Å². The van der Waals surface area contributed by atoms with Gasteiger partial charge in [-0.25, -0.2) is 4.79 Å². The van der Waals surface area contributed by atoms with E-state index in [1.54, 1.807) is 18.2 Å². The standard InChI is InChI=1S/C15H16N2O3/c1-3-4-14-13(15(19)20-17-14)9-11-5-7-12(8-6-11)16-10(2)18/h5-9H,3-4H2,1-2H3,(H,16,18). The van der Waals surface area contributed by atoms with Gasteiger partial charge in [-0.15, -0.1) is 0 Å². The highest BCUT2D eigenvalue weighted by Gasteiger charge is 2.24. The summed E-state index contributed by atoms with van der Waals surface area (Å²) < 4.78 is 0. The fourth-order valence-corrected chi connectivity index (χ4v) is 1.90. The number of carbonyl (C=O) groups excluding carboxylic acids is 2. The van der Waals surface area contributed by atoms with Crippen molar-refractivity contribution in [2.75, 3.05) is 5.32 Å². The Bertz CT molecular complexity index is 586. The van der Waals surface area contributed by atoms with Crippen molar-refractivity contribution in [1.29, 1.82) is 0 Å². The Morgan fingerprint density at radius 3 is 2.65 bits per heavy atom. The molecule has 20 heavy (non-hydrogen) atoms. The second-order valence-corrected chi connectivity index (χ2v) is 4.53. The lowest BCUT2D eigenvalue weighted by molar-refractivity contribution is -0.136. The summed E-state index contributed by atoms with van der Waals surface area (Å²) in [4.78, 5) is 27.3. The minimum Gasteiger partial charge on any atom is -0.326 e. The van der Waals surface area contributed by atoms with Gasteiger partial charge in [0.05, 0.1) is 11.3 Å². The smallest absolute Gasteiger partial charge is 0.326 e. The molecule has 1 heterocycles. The Balaban J connectivity index is 2.19. The monoisotopic (exact) mass is 272 g/mol. The molecule has 1 N–H and O–H groups in total. The minimum absolute atomic E-state index is 0.118. The Morgan fingerprint density at radius 2 is 2.05 bits per heavy atom. The predicted molar refractivity (Wildman–Crippen MR) is 77.2 cm³/mol. The van der Waals surface area contributed by atoms with Gasteiger partial charge in [0.1, 0.15) is 0 Å². The molecule has 1 aliphatic rings. The van der Waals surface area contributed by atoms with Gasteiger partial charge < -0.3 is 10.2 Å². The van der Waals surface area contributed by atoms with Gasteiger partial charge in [0.25, 0.3) is 0 Å². The molecule has 0 bridgehead atoms. The molecule has 0 saturated heterocycles.